The van der Waals surface area contributed by atoms with Crippen LogP contribution in [-0.4, -0.2) is 10.1 Å². The fraction of sp³-hybridized carbons (Fsp3) is 0.250. The van der Waals surface area contributed by atoms with Gasteiger partial charge in [-0.05, 0) is 18.6 Å². The molecule has 0 radical (unpaired) electrons. The normalized spacial score (nSPS) is 10.6. The third-order valence-electron chi connectivity index (χ3n) is 2.51. The van der Waals surface area contributed by atoms with E-state index in [1.165, 1.54) is 12.1 Å². The predicted molar refractivity (Wildman–Crippen MR) is 69.9 cm³/mol. The van der Waals surface area contributed by atoms with Crippen LogP contribution < -0.4 is 5.32 Å². The average Bonchev–Trinajstić information content (AvgIpc) is 2.77. The zero-order valence-electron chi connectivity index (χ0n) is 10.2. The Morgan fingerprint density at radius 1 is 1.42 bits per heavy atom. The van der Waals surface area contributed by atoms with Gasteiger partial charge in [0.2, 0.25) is 0 Å². The molecule has 0 atom stereocenters. The molecule has 0 saturated carbocycles. The Balaban J connectivity index is 1.96. The first-order chi connectivity index (χ1) is 9.06. The highest BCUT2D eigenvalue weighted by atomic mass is 35.5. The molecule has 0 unspecified atom stereocenters. The van der Waals surface area contributed by atoms with Crippen LogP contribution in [-0.2, 0) is 13.1 Å². The van der Waals surface area contributed by atoms with Crippen molar-refractivity contribution < 1.29 is 9.45 Å². The third-order valence-corrected chi connectivity index (χ3v) is 2.83. The van der Waals surface area contributed by atoms with Crippen molar-refractivity contribution in [2.75, 3.05) is 0 Å². The number of benzene rings is 1. The molecule has 7 heteroatoms. The minimum Gasteiger partial charge on any atom is -0.360 e. The first kappa shape index (κ1) is 13.5. The van der Waals surface area contributed by atoms with Gasteiger partial charge in [0, 0.05) is 18.7 Å². The summed E-state index contributed by atoms with van der Waals surface area (Å²) in [7, 11) is 0. The minimum absolute atomic E-state index is 0.0866. The van der Waals surface area contributed by atoms with Crippen LogP contribution in [0.2, 0.25) is 5.02 Å². The Morgan fingerprint density at radius 3 is 2.84 bits per heavy atom. The molecule has 2 rings (SSSR count). The number of nitrogens with one attached hydrogen (secondary N) is 1. The Labute approximate surface area is 114 Å². The van der Waals surface area contributed by atoms with E-state index in [-0.39, 0.29) is 10.7 Å². The lowest BCUT2D eigenvalue weighted by atomic mass is 10.2. The topological polar surface area (TPSA) is 81.2 Å². The maximum atomic E-state index is 10.7. The number of nitro groups is 1. The largest absolute Gasteiger partial charge is 0.360 e. The molecule has 0 amide bonds. The van der Waals surface area contributed by atoms with E-state index in [1.807, 2.05) is 13.0 Å². The molecule has 0 aliphatic heterocycles. The van der Waals surface area contributed by atoms with Gasteiger partial charge < -0.3 is 9.84 Å². The van der Waals surface area contributed by atoms with Crippen LogP contribution in [0.1, 0.15) is 17.0 Å². The van der Waals surface area contributed by atoms with E-state index in [9.17, 15) is 10.1 Å². The molecule has 0 aliphatic rings. The zero-order valence-corrected chi connectivity index (χ0v) is 11.0. The van der Waals surface area contributed by atoms with Gasteiger partial charge in [0.05, 0.1) is 17.2 Å². The first-order valence-electron chi connectivity index (χ1n) is 5.62. The molecule has 100 valence electrons. The highest BCUT2D eigenvalue weighted by Gasteiger charge is 2.12. The van der Waals surface area contributed by atoms with Crippen LogP contribution in [0.4, 0.5) is 5.69 Å². The summed E-state index contributed by atoms with van der Waals surface area (Å²) in [5.74, 6) is 0.723. The fourth-order valence-corrected chi connectivity index (χ4v) is 1.82. The summed E-state index contributed by atoms with van der Waals surface area (Å²) in [6.45, 7) is 2.84. The van der Waals surface area contributed by atoms with Gasteiger partial charge in [-0.2, -0.15) is 0 Å². The van der Waals surface area contributed by atoms with Crippen molar-refractivity contribution in [3.05, 3.63) is 56.4 Å². The van der Waals surface area contributed by atoms with Crippen molar-refractivity contribution in [3.63, 3.8) is 0 Å². The van der Waals surface area contributed by atoms with Gasteiger partial charge in [0.1, 0.15) is 5.02 Å². The summed E-state index contributed by atoms with van der Waals surface area (Å²) in [6, 6.07) is 6.56. The third kappa shape index (κ3) is 3.52. The van der Waals surface area contributed by atoms with Crippen LogP contribution in [0.3, 0.4) is 0 Å². The van der Waals surface area contributed by atoms with Crippen molar-refractivity contribution in [1.82, 2.24) is 10.5 Å². The number of halogens is 1. The second kappa shape index (κ2) is 5.81. The quantitative estimate of drug-likeness (QED) is 0.673. The lowest BCUT2D eigenvalue weighted by molar-refractivity contribution is -0.384. The van der Waals surface area contributed by atoms with Gasteiger partial charge in [0.15, 0.2) is 5.76 Å². The molecule has 6 nitrogen and oxygen atoms in total. The second-order valence-corrected chi connectivity index (χ2v) is 4.49. The molecule has 0 bridgehead atoms. The number of nitrogens with zero attached hydrogens (tertiary/aromatic N) is 2. The van der Waals surface area contributed by atoms with Crippen molar-refractivity contribution in [2.45, 2.75) is 20.0 Å². The van der Waals surface area contributed by atoms with Crippen molar-refractivity contribution in [2.24, 2.45) is 0 Å². The number of hydrogen-bond acceptors (Lipinski definition) is 5. The molecule has 0 fully saturated rings. The highest BCUT2D eigenvalue weighted by molar-refractivity contribution is 6.32. The monoisotopic (exact) mass is 281 g/mol. The first-order valence-corrected chi connectivity index (χ1v) is 6.00. The molecule has 0 aliphatic carbocycles. The van der Waals surface area contributed by atoms with Crippen molar-refractivity contribution in [3.8, 4) is 0 Å². The lowest BCUT2D eigenvalue weighted by Crippen LogP contribution is -2.12. The van der Waals surface area contributed by atoms with E-state index in [2.05, 4.69) is 10.5 Å². The number of aromatic nitrogens is 1. The Morgan fingerprint density at radius 2 is 2.21 bits per heavy atom. The number of nitro benzene ring substituents is 1. The van der Waals surface area contributed by atoms with E-state index >= 15 is 0 Å². The van der Waals surface area contributed by atoms with Crippen LogP contribution in [0, 0.1) is 17.0 Å². The molecular weight excluding hydrogens is 270 g/mol. The molecule has 19 heavy (non-hydrogen) atoms. The van der Waals surface area contributed by atoms with Crippen LogP contribution in [0.5, 0.6) is 0 Å². The van der Waals surface area contributed by atoms with E-state index in [4.69, 9.17) is 16.1 Å². The summed E-state index contributed by atoms with van der Waals surface area (Å²) in [6.07, 6.45) is 0. The summed E-state index contributed by atoms with van der Waals surface area (Å²) in [5, 5.41) is 17.8. The zero-order chi connectivity index (χ0) is 13.8. The molecule has 2 aromatic rings. The maximum Gasteiger partial charge on any atom is 0.288 e. The smallest absolute Gasteiger partial charge is 0.288 e. The van der Waals surface area contributed by atoms with Crippen LogP contribution >= 0.6 is 11.6 Å². The highest BCUT2D eigenvalue weighted by Crippen LogP contribution is 2.24. The average molecular weight is 282 g/mol. The summed E-state index contributed by atoms with van der Waals surface area (Å²) >= 11 is 5.74. The van der Waals surface area contributed by atoms with E-state index in [0.29, 0.717) is 13.1 Å². The predicted octanol–water partition coefficient (Wildman–Crippen LogP) is 2.83. The van der Waals surface area contributed by atoms with Crippen molar-refractivity contribution >= 4 is 17.3 Å². The van der Waals surface area contributed by atoms with Gasteiger partial charge in [-0.15, -0.1) is 0 Å². The molecule has 1 N–H and O–H groups in total. The van der Waals surface area contributed by atoms with Crippen molar-refractivity contribution in [1.29, 1.82) is 0 Å². The van der Waals surface area contributed by atoms with Gasteiger partial charge in [0.25, 0.3) is 5.69 Å². The Bertz CT molecular complexity index is 598. The molecule has 1 aromatic heterocycles. The maximum absolute atomic E-state index is 10.7. The molecule has 1 aromatic carbocycles. The van der Waals surface area contributed by atoms with E-state index < -0.39 is 4.92 Å². The Kier molecular flexibility index (Phi) is 4.13. The standard InChI is InChI=1S/C12H12ClN3O3/c1-8-4-10(19-15-8)7-14-6-9-2-3-11(13)12(5-9)16(17)18/h2-5,14H,6-7H2,1H3. The lowest BCUT2D eigenvalue weighted by Gasteiger charge is -2.03. The molecule has 0 spiro atoms. The molecular formula is C12H12ClN3O3. The van der Waals surface area contributed by atoms with Gasteiger partial charge in [-0.3, -0.25) is 10.1 Å². The van der Waals surface area contributed by atoms with E-state index in [1.54, 1.807) is 6.07 Å². The number of hydrogen-bond donors (Lipinski definition) is 1. The Hall–Kier alpha value is -1.92. The fourth-order valence-electron chi connectivity index (χ4n) is 1.64. The minimum atomic E-state index is -0.494. The molecule has 1 heterocycles. The number of rotatable bonds is 5. The summed E-state index contributed by atoms with van der Waals surface area (Å²) < 4.78 is 5.04. The van der Waals surface area contributed by atoms with Crippen LogP contribution in [0.15, 0.2) is 28.8 Å². The second-order valence-electron chi connectivity index (χ2n) is 4.08. The number of aryl methyl sites for hydroxylation is 1. The van der Waals surface area contributed by atoms with Gasteiger partial charge >= 0.3 is 0 Å². The van der Waals surface area contributed by atoms with Gasteiger partial charge in [-0.1, -0.05) is 22.8 Å². The summed E-state index contributed by atoms with van der Waals surface area (Å²) in [5.41, 5.74) is 1.52. The van der Waals surface area contributed by atoms with E-state index in [0.717, 1.165) is 17.0 Å². The van der Waals surface area contributed by atoms with Gasteiger partial charge in [-0.25, -0.2) is 0 Å². The summed E-state index contributed by atoms with van der Waals surface area (Å²) in [4.78, 5) is 10.3. The molecule has 0 saturated heterocycles. The SMILES string of the molecule is Cc1cc(CNCc2ccc(Cl)c([N+](=O)[O-])c2)on1. The van der Waals surface area contributed by atoms with Crippen LogP contribution in [0.25, 0.3) is 0 Å².